The normalized spacial score (nSPS) is 23.5. The zero-order valence-electron chi connectivity index (χ0n) is 20.7. The van der Waals surface area contributed by atoms with Gasteiger partial charge in [0, 0.05) is 10.9 Å². The molecule has 0 radical (unpaired) electrons. The van der Waals surface area contributed by atoms with Crippen LogP contribution in [0.3, 0.4) is 0 Å². The van der Waals surface area contributed by atoms with Gasteiger partial charge in [0.15, 0.2) is 5.82 Å². The summed E-state index contributed by atoms with van der Waals surface area (Å²) in [4.78, 5) is 11.1. The first-order chi connectivity index (χ1) is 17.1. The van der Waals surface area contributed by atoms with Gasteiger partial charge in [-0.15, -0.1) is 0 Å². The Morgan fingerprint density at radius 1 is 1.00 bits per heavy atom. The van der Waals surface area contributed by atoms with Crippen LogP contribution in [-0.4, -0.2) is 27.3 Å². The van der Waals surface area contributed by atoms with Crippen molar-refractivity contribution in [1.29, 1.82) is 0 Å². The van der Waals surface area contributed by atoms with E-state index in [-0.39, 0.29) is 6.10 Å². The molecule has 0 saturated heterocycles. The molecular weight excluding hydrogens is 450 g/mol. The van der Waals surface area contributed by atoms with Crippen LogP contribution < -0.4 is 5.32 Å². The standard InChI is InChI=1S/C30H35N3OS/c1-3-21-7-4-5-8-26(21)22-12-17-25-20(2)11-18-30(35-27(25)19-22)33-29-10-6-9-28(32-29)31-23-13-15-24(34)16-14-23/h4-10,12,17,19-20,23-24,34H,3,11,13-16,18H2,1-2H3,(H,31,32). The molecular formula is C30H35N3OS. The van der Waals surface area contributed by atoms with E-state index in [2.05, 4.69) is 61.6 Å². The van der Waals surface area contributed by atoms with Crippen molar-refractivity contribution >= 4 is 28.4 Å². The van der Waals surface area contributed by atoms with E-state index in [9.17, 15) is 5.11 Å². The summed E-state index contributed by atoms with van der Waals surface area (Å²) >= 11 is 1.80. The fourth-order valence-electron chi connectivity index (χ4n) is 5.18. The summed E-state index contributed by atoms with van der Waals surface area (Å²) in [6.45, 7) is 4.54. The number of nitrogens with one attached hydrogen (secondary N) is 1. The molecule has 5 rings (SSSR count). The number of thioether (sulfide) groups is 1. The van der Waals surface area contributed by atoms with E-state index in [1.165, 1.54) is 27.1 Å². The third kappa shape index (κ3) is 5.79. The minimum atomic E-state index is -0.146. The Morgan fingerprint density at radius 2 is 1.83 bits per heavy atom. The van der Waals surface area contributed by atoms with Crippen molar-refractivity contribution < 1.29 is 5.11 Å². The highest BCUT2D eigenvalue weighted by Crippen LogP contribution is 2.40. The van der Waals surface area contributed by atoms with Crippen LogP contribution in [0.2, 0.25) is 0 Å². The van der Waals surface area contributed by atoms with E-state index in [1.807, 2.05) is 18.2 Å². The Morgan fingerprint density at radius 3 is 2.66 bits per heavy atom. The van der Waals surface area contributed by atoms with Gasteiger partial charge in [-0.3, -0.25) is 0 Å². The molecule has 5 heteroatoms. The van der Waals surface area contributed by atoms with E-state index in [0.717, 1.165) is 61.6 Å². The van der Waals surface area contributed by atoms with E-state index in [0.29, 0.717) is 12.0 Å². The number of aromatic nitrogens is 1. The SMILES string of the molecule is CCc1ccccc1-c1ccc2c(c1)SC(=Nc1cccc(NC3CCC(O)CC3)n1)CCC2C. The molecule has 1 unspecified atom stereocenters. The molecule has 182 valence electrons. The quantitative estimate of drug-likeness (QED) is 0.388. The number of pyridine rings is 1. The second-order valence-corrected chi connectivity index (χ2v) is 11.0. The van der Waals surface area contributed by atoms with Crippen molar-refractivity contribution in [2.45, 2.75) is 81.8 Å². The van der Waals surface area contributed by atoms with Crippen LogP contribution in [0.25, 0.3) is 11.1 Å². The second kappa shape index (κ2) is 11.0. The Kier molecular flexibility index (Phi) is 7.54. The van der Waals surface area contributed by atoms with Crippen LogP contribution in [0, 0.1) is 0 Å². The molecule has 1 saturated carbocycles. The Balaban J connectivity index is 1.39. The van der Waals surface area contributed by atoms with Crippen molar-refractivity contribution in [1.82, 2.24) is 4.98 Å². The first kappa shape index (κ1) is 24.1. The molecule has 0 bridgehead atoms. The first-order valence-electron chi connectivity index (χ1n) is 13.0. The fourth-order valence-corrected chi connectivity index (χ4v) is 6.37. The number of aliphatic imine (C=N–C) groups is 1. The van der Waals surface area contributed by atoms with Gasteiger partial charge in [0.2, 0.25) is 0 Å². The smallest absolute Gasteiger partial charge is 0.155 e. The van der Waals surface area contributed by atoms with Gasteiger partial charge in [-0.25, -0.2) is 9.98 Å². The van der Waals surface area contributed by atoms with Crippen LogP contribution in [0.5, 0.6) is 0 Å². The number of hydrogen-bond donors (Lipinski definition) is 2. The maximum atomic E-state index is 9.78. The van der Waals surface area contributed by atoms with E-state index in [1.54, 1.807) is 11.8 Å². The van der Waals surface area contributed by atoms with Gasteiger partial charge in [0.25, 0.3) is 0 Å². The number of aryl methyl sites for hydroxylation is 1. The van der Waals surface area contributed by atoms with Crippen molar-refractivity contribution in [3.8, 4) is 11.1 Å². The highest BCUT2D eigenvalue weighted by atomic mass is 32.2. The minimum absolute atomic E-state index is 0.146. The summed E-state index contributed by atoms with van der Waals surface area (Å²) in [5.41, 5.74) is 5.41. The van der Waals surface area contributed by atoms with Gasteiger partial charge in [0.1, 0.15) is 5.82 Å². The Bertz CT molecular complexity index is 1200. The topological polar surface area (TPSA) is 57.5 Å². The molecule has 3 aromatic rings. The predicted molar refractivity (Wildman–Crippen MR) is 148 cm³/mol. The van der Waals surface area contributed by atoms with Gasteiger partial charge in [-0.2, -0.15) is 0 Å². The van der Waals surface area contributed by atoms with Crippen LogP contribution in [0.1, 0.15) is 69.4 Å². The Hall–Kier alpha value is -2.63. The summed E-state index contributed by atoms with van der Waals surface area (Å²) in [5.74, 6) is 2.14. The van der Waals surface area contributed by atoms with Crippen LogP contribution in [-0.2, 0) is 6.42 Å². The fraction of sp³-hybridized carbons (Fsp3) is 0.400. The van der Waals surface area contributed by atoms with Crippen molar-refractivity contribution in [3.63, 3.8) is 0 Å². The zero-order valence-corrected chi connectivity index (χ0v) is 21.5. The summed E-state index contributed by atoms with van der Waals surface area (Å²) in [5, 5.41) is 14.5. The highest BCUT2D eigenvalue weighted by molar-refractivity contribution is 8.14. The van der Waals surface area contributed by atoms with Crippen molar-refractivity contribution in [2.24, 2.45) is 4.99 Å². The van der Waals surface area contributed by atoms with Gasteiger partial charge in [-0.05, 0) is 91.3 Å². The number of fused-ring (bicyclic) bond motifs is 1. The summed E-state index contributed by atoms with van der Waals surface area (Å²) in [7, 11) is 0. The number of anilines is 1. The molecule has 1 aliphatic heterocycles. The van der Waals surface area contributed by atoms with Crippen LogP contribution in [0.15, 0.2) is 70.6 Å². The van der Waals surface area contributed by atoms with Crippen molar-refractivity contribution in [3.05, 3.63) is 71.8 Å². The molecule has 4 nitrogen and oxygen atoms in total. The van der Waals surface area contributed by atoms with E-state index < -0.39 is 0 Å². The number of aliphatic hydroxyl groups excluding tert-OH is 1. The number of nitrogens with zero attached hydrogens (tertiary/aromatic N) is 2. The second-order valence-electron chi connectivity index (χ2n) is 9.84. The maximum Gasteiger partial charge on any atom is 0.155 e. The summed E-state index contributed by atoms with van der Waals surface area (Å²) in [6, 6.07) is 22.1. The molecule has 2 N–H and O–H groups in total. The molecule has 0 amide bonds. The van der Waals surface area contributed by atoms with Gasteiger partial charge in [0.05, 0.1) is 11.1 Å². The molecule has 1 aliphatic carbocycles. The van der Waals surface area contributed by atoms with Gasteiger partial charge >= 0.3 is 0 Å². The molecule has 1 aromatic heterocycles. The van der Waals surface area contributed by atoms with Gasteiger partial charge < -0.3 is 10.4 Å². The minimum Gasteiger partial charge on any atom is -0.393 e. The lowest BCUT2D eigenvalue weighted by molar-refractivity contribution is 0.126. The summed E-state index contributed by atoms with van der Waals surface area (Å²) < 4.78 is 0. The molecule has 2 aromatic carbocycles. The van der Waals surface area contributed by atoms with Gasteiger partial charge in [-0.1, -0.05) is 68.1 Å². The van der Waals surface area contributed by atoms with E-state index >= 15 is 0 Å². The predicted octanol–water partition coefficient (Wildman–Crippen LogP) is 7.75. The monoisotopic (exact) mass is 485 g/mol. The van der Waals surface area contributed by atoms with Crippen molar-refractivity contribution in [2.75, 3.05) is 5.32 Å². The lowest BCUT2D eigenvalue weighted by Gasteiger charge is -2.26. The molecule has 1 atom stereocenters. The largest absolute Gasteiger partial charge is 0.393 e. The Labute approximate surface area is 213 Å². The number of benzene rings is 2. The highest BCUT2D eigenvalue weighted by Gasteiger charge is 2.21. The average Bonchev–Trinajstić information content (AvgIpc) is 3.03. The number of rotatable bonds is 5. The molecule has 1 fully saturated rings. The number of aliphatic hydroxyl groups is 1. The molecule has 2 heterocycles. The third-order valence-corrected chi connectivity index (χ3v) is 8.40. The molecule has 2 aliphatic rings. The molecule has 35 heavy (non-hydrogen) atoms. The number of hydrogen-bond acceptors (Lipinski definition) is 5. The lowest BCUT2D eigenvalue weighted by atomic mass is 9.92. The van der Waals surface area contributed by atoms with E-state index in [4.69, 9.17) is 9.98 Å². The van der Waals surface area contributed by atoms with Crippen LogP contribution in [0.4, 0.5) is 11.6 Å². The lowest BCUT2D eigenvalue weighted by Crippen LogP contribution is -2.28. The first-order valence-corrected chi connectivity index (χ1v) is 13.8. The molecule has 0 spiro atoms. The third-order valence-electron chi connectivity index (χ3n) is 7.30. The summed E-state index contributed by atoms with van der Waals surface area (Å²) in [6.07, 6.45) is 6.61. The van der Waals surface area contributed by atoms with Crippen LogP contribution >= 0.6 is 11.8 Å². The average molecular weight is 486 g/mol. The maximum absolute atomic E-state index is 9.78. The zero-order chi connectivity index (χ0) is 24.2.